The first-order valence-corrected chi connectivity index (χ1v) is 11.1. The van der Waals surface area contributed by atoms with Gasteiger partial charge in [0.15, 0.2) is 16.7 Å². The van der Waals surface area contributed by atoms with E-state index in [1.807, 2.05) is 0 Å². The molecule has 2 aromatic rings. The van der Waals surface area contributed by atoms with E-state index in [0.29, 0.717) is 10.0 Å². The van der Waals surface area contributed by atoms with Crippen LogP contribution in [0.25, 0.3) is 6.08 Å². The second kappa shape index (κ2) is 10.4. The summed E-state index contributed by atoms with van der Waals surface area (Å²) in [7, 11) is 0. The van der Waals surface area contributed by atoms with Crippen molar-refractivity contribution in [2.24, 2.45) is 4.99 Å². The van der Waals surface area contributed by atoms with Gasteiger partial charge in [-0.05, 0) is 64.5 Å². The van der Waals surface area contributed by atoms with Gasteiger partial charge in [-0.1, -0.05) is 0 Å². The Morgan fingerprint density at radius 2 is 1.94 bits per heavy atom. The van der Waals surface area contributed by atoms with Gasteiger partial charge in [-0.2, -0.15) is 4.99 Å². The Labute approximate surface area is 204 Å². The summed E-state index contributed by atoms with van der Waals surface area (Å²) >= 11 is 4.34. The smallest absolute Gasteiger partial charge is 0.318 e. The molecular formula is C20H15BrN4O8S. The number of hydrogen-bond donors (Lipinski definition) is 1. The van der Waals surface area contributed by atoms with E-state index < -0.39 is 27.1 Å². The van der Waals surface area contributed by atoms with Crippen molar-refractivity contribution in [2.45, 2.75) is 13.8 Å². The minimum atomic E-state index is -0.787. The number of carbonyl (C=O) groups excluding carboxylic acids is 2. The number of nitrogens with zero attached hydrogens (tertiary/aromatic N) is 3. The fourth-order valence-corrected chi connectivity index (χ4v) is 4.16. The molecule has 2 amide bonds. The lowest BCUT2D eigenvalue weighted by molar-refractivity contribution is -0.394. The van der Waals surface area contributed by atoms with Crippen LogP contribution in [0.2, 0.25) is 0 Å². The Hall–Kier alpha value is -3.78. The SMILES string of the molecule is CCOc1cc(/C=C2\SC(NC(C)=O)=NC2=O)cc(Br)c1Oc1ccc([N+](=O)[O-])cc1[N+](=O)[O-]. The number of benzene rings is 2. The standard InChI is InChI=1S/C20H15BrN4O8S/c1-3-32-16-7-11(8-17-19(27)23-20(34-17)22-10(2)26)6-13(21)18(16)33-15-5-4-12(24(28)29)9-14(15)25(30)31/h4-9H,3H2,1-2H3,(H,22,23,26,27)/b17-8-. The number of aliphatic imine (C=N–C) groups is 1. The minimum absolute atomic E-state index is 0.0986. The van der Waals surface area contributed by atoms with E-state index in [0.717, 1.165) is 30.0 Å². The Morgan fingerprint density at radius 1 is 1.21 bits per heavy atom. The fourth-order valence-electron chi connectivity index (χ4n) is 2.76. The third-order valence-corrected chi connectivity index (χ3v) is 5.58. The predicted molar refractivity (Wildman–Crippen MR) is 127 cm³/mol. The zero-order valence-corrected chi connectivity index (χ0v) is 20.0. The van der Waals surface area contributed by atoms with Crippen LogP contribution in [0.1, 0.15) is 19.4 Å². The maximum absolute atomic E-state index is 12.1. The number of carbonyl (C=O) groups is 2. The molecule has 34 heavy (non-hydrogen) atoms. The summed E-state index contributed by atoms with van der Waals surface area (Å²) in [6.45, 7) is 3.25. The molecule has 12 nitrogen and oxygen atoms in total. The van der Waals surface area contributed by atoms with Crippen molar-refractivity contribution in [3.8, 4) is 17.2 Å². The molecule has 0 unspecified atom stereocenters. The van der Waals surface area contributed by atoms with Crippen LogP contribution in [-0.2, 0) is 9.59 Å². The molecule has 0 fully saturated rings. The van der Waals surface area contributed by atoms with Crippen LogP contribution >= 0.6 is 27.7 Å². The first kappa shape index (κ1) is 24.9. The van der Waals surface area contributed by atoms with Crippen molar-refractivity contribution in [2.75, 3.05) is 6.61 Å². The van der Waals surface area contributed by atoms with Crippen molar-refractivity contribution in [3.05, 3.63) is 65.5 Å². The maximum atomic E-state index is 12.1. The van der Waals surface area contributed by atoms with E-state index in [9.17, 15) is 29.8 Å². The summed E-state index contributed by atoms with van der Waals surface area (Å²) in [5.74, 6) is -0.803. The van der Waals surface area contributed by atoms with Crippen LogP contribution in [0.3, 0.4) is 0 Å². The lowest BCUT2D eigenvalue weighted by Gasteiger charge is -2.14. The molecule has 2 aromatic carbocycles. The van der Waals surface area contributed by atoms with Gasteiger partial charge < -0.3 is 14.8 Å². The normalized spacial score (nSPS) is 14.0. The molecular weight excluding hydrogens is 536 g/mol. The van der Waals surface area contributed by atoms with Crippen molar-refractivity contribution >= 4 is 62.1 Å². The molecule has 1 aliphatic rings. The average molecular weight is 551 g/mol. The van der Waals surface area contributed by atoms with Crippen LogP contribution < -0.4 is 14.8 Å². The van der Waals surface area contributed by atoms with E-state index in [1.54, 1.807) is 19.1 Å². The van der Waals surface area contributed by atoms with E-state index >= 15 is 0 Å². The number of thioether (sulfide) groups is 1. The number of nitrogens with one attached hydrogen (secondary N) is 1. The molecule has 0 aromatic heterocycles. The summed E-state index contributed by atoms with van der Waals surface area (Å²) < 4.78 is 11.7. The van der Waals surface area contributed by atoms with E-state index in [2.05, 4.69) is 26.2 Å². The first-order chi connectivity index (χ1) is 16.1. The summed E-state index contributed by atoms with van der Waals surface area (Å²) in [5.41, 5.74) is -0.522. The molecule has 0 bridgehead atoms. The molecule has 0 saturated carbocycles. The van der Waals surface area contributed by atoms with Crippen molar-refractivity contribution in [1.29, 1.82) is 0 Å². The lowest BCUT2D eigenvalue weighted by Crippen LogP contribution is -2.23. The number of ether oxygens (including phenoxy) is 2. The van der Waals surface area contributed by atoms with Gasteiger partial charge in [0.05, 0.1) is 31.9 Å². The van der Waals surface area contributed by atoms with Gasteiger partial charge in [0, 0.05) is 13.0 Å². The zero-order valence-electron chi connectivity index (χ0n) is 17.6. The van der Waals surface area contributed by atoms with E-state index in [-0.39, 0.29) is 39.8 Å². The lowest BCUT2D eigenvalue weighted by atomic mass is 10.1. The number of amidine groups is 1. The highest BCUT2D eigenvalue weighted by Crippen LogP contribution is 2.43. The Bertz CT molecular complexity index is 1280. The summed E-state index contributed by atoms with van der Waals surface area (Å²) in [4.78, 5) is 48.2. The van der Waals surface area contributed by atoms with Gasteiger partial charge in [0.25, 0.3) is 11.6 Å². The van der Waals surface area contributed by atoms with Gasteiger partial charge in [-0.25, -0.2) is 0 Å². The summed E-state index contributed by atoms with van der Waals surface area (Å²) in [5, 5.41) is 25.0. The Kier molecular flexibility index (Phi) is 7.63. The molecule has 0 radical (unpaired) electrons. The van der Waals surface area contributed by atoms with Crippen LogP contribution in [0.15, 0.2) is 44.7 Å². The van der Waals surface area contributed by atoms with E-state index in [4.69, 9.17) is 9.47 Å². The largest absolute Gasteiger partial charge is 0.490 e. The van der Waals surface area contributed by atoms with Crippen LogP contribution in [0.4, 0.5) is 11.4 Å². The molecule has 0 saturated heterocycles. The topological polar surface area (TPSA) is 163 Å². The number of halogens is 1. The highest BCUT2D eigenvalue weighted by atomic mass is 79.9. The highest BCUT2D eigenvalue weighted by molar-refractivity contribution is 9.10. The molecule has 0 spiro atoms. The number of hydrogen-bond acceptors (Lipinski definition) is 9. The molecule has 0 aliphatic carbocycles. The highest BCUT2D eigenvalue weighted by Gasteiger charge is 2.25. The van der Waals surface area contributed by atoms with Gasteiger partial charge in [0.2, 0.25) is 11.7 Å². The first-order valence-electron chi connectivity index (χ1n) is 9.46. The minimum Gasteiger partial charge on any atom is -0.490 e. The second-order valence-electron chi connectivity index (χ2n) is 6.55. The molecule has 176 valence electrons. The zero-order chi connectivity index (χ0) is 25.0. The van der Waals surface area contributed by atoms with Crippen LogP contribution in [-0.4, -0.2) is 33.4 Å². The third kappa shape index (κ3) is 5.77. The van der Waals surface area contributed by atoms with E-state index in [1.165, 1.54) is 13.0 Å². The number of non-ortho nitro benzene ring substituents is 1. The molecule has 1 aliphatic heterocycles. The molecule has 0 atom stereocenters. The molecule has 3 rings (SSSR count). The fraction of sp³-hybridized carbons (Fsp3) is 0.150. The van der Waals surface area contributed by atoms with Gasteiger partial charge in [0.1, 0.15) is 0 Å². The Balaban J connectivity index is 1.97. The summed E-state index contributed by atoms with van der Waals surface area (Å²) in [6, 6.07) is 6.16. The third-order valence-electron chi connectivity index (χ3n) is 4.09. The molecule has 1 heterocycles. The molecule has 14 heteroatoms. The van der Waals surface area contributed by atoms with Crippen molar-refractivity contribution in [3.63, 3.8) is 0 Å². The van der Waals surface area contributed by atoms with Crippen molar-refractivity contribution in [1.82, 2.24) is 5.32 Å². The predicted octanol–water partition coefficient (Wildman–Crippen LogP) is 4.56. The monoisotopic (exact) mass is 550 g/mol. The van der Waals surface area contributed by atoms with Gasteiger partial charge in [-0.15, -0.1) is 0 Å². The Morgan fingerprint density at radius 3 is 2.56 bits per heavy atom. The number of nitro groups is 2. The van der Waals surface area contributed by atoms with Crippen LogP contribution in [0, 0.1) is 20.2 Å². The maximum Gasteiger partial charge on any atom is 0.318 e. The number of nitro benzene ring substituents is 2. The summed E-state index contributed by atoms with van der Waals surface area (Å²) in [6.07, 6.45) is 1.54. The van der Waals surface area contributed by atoms with Gasteiger partial charge in [-0.3, -0.25) is 29.8 Å². The average Bonchev–Trinajstić information content (AvgIpc) is 3.08. The van der Waals surface area contributed by atoms with Crippen molar-refractivity contribution < 1.29 is 28.9 Å². The quantitative estimate of drug-likeness (QED) is 0.295. The number of amides is 2. The van der Waals surface area contributed by atoms with Crippen LogP contribution in [0.5, 0.6) is 17.2 Å². The molecule has 1 N–H and O–H groups in total. The van der Waals surface area contributed by atoms with Gasteiger partial charge >= 0.3 is 5.69 Å². The number of rotatable bonds is 7. The second-order valence-corrected chi connectivity index (χ2v) is 8.43.